The van der Waals surface area contributed by atoms with Crippen LogP contribution in [0.25, 0.3) is 0 Å². The number of ether oxygens (including phenoxy) is 1. The Morgan fingerprint density at radius 2 is 1.65 bits per heavy atom. The van der Waals surface area contributed by atoms with Gasteiger partial charge in [0.05, 0.1) is 21.8 Å². The quantitative estimate of drug-likeness (QED) is 0.535. The number of hydrogen-bond donors (Lipinski definition) is 1. The number of para-hydroxylation sites is 2. The summed E-state index contributed by atoms with van der Waals surface area (Å²) in [6, 6.07) is 17.5. The van der Waals surface area contributed by atoms with Crippen molar-refractivity contribution in [2.75, 3.05) is 22.8 Å². The third-order valence-electron chi connectivity index (χ3n) is 5.36. The predicted molar refractivity (Wildman–Crippen MR) is 121 cm³/mol. The van der Waals surface area contributed by atoms with Crippen molar-refractivity contribution in [2.24, 2.45) is 0 Å². The van der Waals surface area contributed by atoms with E-state index in [1.807, 2.05) is 12.1 Å². The monoisotopic (exact) mass is 490 g/mol. The molecule has 178 valence electrons. The van der Waals surface area contributed by atoms with Crippen molar-refractivity contribution in [1.29, 1.82) is 0 Å². The second kappa shape index (κ2) is 9.38. The van der Waals surface area contributed by atoms with Gasteiger partial charge >= 0.3 is 6.18 Å². The molecule has 1 aliphatic rings. The fourth-order valence-electron chi connectivity index (χ4n) is 3.76. The molecule has 0 aliphatic carbocycles. The van der Waals surface area contributed by atoms with Crippen LogP contribution in [0, 0.1) is 0 Å². The Balaban J connectivity index is 1.42. The van der Waals surface area contributed by atoms with Gasteiger partial charge in [0.25, 0.3) is 15.9 Å². The number of amides is 1. The number of halogens is 3. The molecule has 0 saturated carbocycles. The number of hydrogen-bond acceptors (Lipinski definition) is 4. The van der Waals surface area contributed by atoms with Gasteiger partial charge in [0.2, 0.25) is 0 Å². The third kappa shape index (κ3) is 5.01. The second-order valence-electron chi connectivity index (χ2n) is 7.66. The van der Waals surface area contributed by atoms with E-state index < -0.39 is 34.3 Å². The van der Waals surface area contributed by atoms with E-state index in [0.717, 1.165) is 24.1 Å². The molecule has 0 atom stereocenters. The minimum absolute atomic E-state index is 0.0695. The Kier molecular flexibility index (Phi) is 6.52. The van der Waals surface area contributed by atoms with Gasteiger partial charge in [0.1, 0.15) is 5.75 Å². The Morgan fingerprint density at radius 3 is 2.38 bits per heavy atom. The Bertz CT molecular complexity index is 1290. The molecule has 0 saturated heterocycles. The molecule has 3 aromatic carbocycles. The van der Waals surface area contributed by atoms with Crippen molar-refractivity contribution in [1.82, 2.24) is 0 Å². The summed E-state index contributed by atoms with van der Waals surface area (Å²) >= 11 is 0. The molecule has 0 unspecified atom stereocenters. The highest BCUT2D eigenvalue weighted by Gasteiger charge is 2.33. The SMILES string of the molecule is O=C(COc1ccc(S(=O)(=O)N2CCCc3ccccc32)cc1)Nc1ccccc1C(F)(F)F. The van der Waals surface area contributed by atoms with Crippen LogP contribution in [-0.4, -0.2) is 27.5 Å². The molecule has 1 amide bonds. The number of nitrogens with one attached hydrogen (secondary N) is 1. The van der Waals surface area contributed by atoms with Crippen LogP contribution in [0.15, 0.2) is 77.7 Å². The predicted octanol–water partition coefficient (Wildman–Crippen LogP) is 4.86. The van der Waals surface area contributed by atoms with Gasteiger partial charge in [-0.05, 0) is 60.9 Å². The third-order valence-corrected chi connectivity index (χ3v) is 7.18. The topological polar surface area (TPSA) is 75.7 Å². The van der Waals surface area contributed by atoms with E-state index in [4.69, 9.17) is 4.74 Å². The number of benzene rings is 3. The summed E-state index contributed by atoms with van der Waals surface area (Å²) in [5.74, 6) is -0.574. The zero-order valence-electron chi connectivity index (χ0n) is 17.9. The van der Waals surface area contributed by atoms with Crippen LogP contribution in [0.2, 0.25) is 0 Å². The number of anilines is 2. The van der Waals surface area contributed by atoms with Crippen LogP contribution in [0.1, 0.15) is 17.5 Å². The van der Waals surface area contributed by atoms with Crippen LogP contribution >= 0.6 is 0 Å². The maximum atomic E-state index is 13.2. The Labute approximate surface area is 195 Å². The first-order valence-electron chi connectivity index (χ1n) is 10.5. The van der Waals surface area contributed by atoms with Gasteiger partial charge in [0.15, 0.2) is 6.61 Å². The summed E-state index contributed by atoms with van der Waals surface area (Å²) in [7, 11) is -3.79. The minimum Gasteiger partial charge on any atom is -0.484 e. The Morgan fingerprint density at radius 1 is 0.971 bits per heavy atom. The largest absolute Gasteiger partial charge is 0.484 e. The molecule has 1 aliphatic heterocycles. The van der Waals surface area contributed by atoms with Crippen LogP contribution in [0.3, 0.4) is 0 Å². The Hall–Kier alpha value is -3.53. The number of aryl methyl sites for hydroxylation is 1. The highest BCUT2D eigenvalue weighted by Crippen LogP contribution is 2.35. The van der Waals surface area contributed by atoms with E-state index in [-0.39, 0.29) is 16.3 Å². The minimum atomic E-state index is -4.61. The van der Waals surface area contributed by atoms with E-state index in [0.29, 0.717) is 18.7 Å². The van der Waals surface area contributed by atoms with Gasteiger partial charge in [0, 0.05) is 6.54 Å². The first-order valence-corrected chi connectivity index (χ1v) is 11.9. The smallest absolute Gasteiger partial charge is 0.418 e. The molecular weight excluding hydrogens is 469 g/mol. The highest BCUT2D eigenvalue weighted by atomic mass is 32.2. The van der Waals surface area contributed by atoms with Gasteiger partial charge in [-0.2, -0.15) is 13.2 Å². The molecule has 4 rings (SSSR count). The van der Waals surface area contributed by atoms with Crippen molar-refractivity contribution in [3.63, 3.8) is 0 Å². The summed E-state index contributed by atoms with van der Waals surface area (Å²) in [5.41, 5.74) is 0.296. The number of rotatable bonds is 6. The second-order valence-corrected chi connectivity index (χ2v) is 9.52. The summed E-state index contributed by atoms with van der Waals surface area (Å²) in [6.45, 7) is -0.172. The number of alkyl halides is 3. The molecule has 10 heteroatoms. The standard InChI is InChI=1S/C24H21F3N2O4S/c25-24(26,27)20-8-2-3-9-21(20)28-23(30)16-33-18-11-13-19(14-12-18)34(31,32)29-15-5-7-17-6-1-4-10-22(17)29/h1-4,6,8-14H,5,7,15-16H2,(H,28,30). The average molecular weight is 491 g/mol. The molecule has 34 heavy (non-hydrogen) atoms. The first kappa shape index (κ1) is 23.6. The van der Waals surface area contributed by atoms with Crippen LogP contribution in [0.5, 0.6) is 5.75 Å². The summed E-state index contributed by atoms with van der Waals surface area (Å²) in [4.78, 5) is 12.2. The van der Waals surface area contributed by atoms with Crippen molar-refractivity contribution in [2.45, 2.75) is 23.9 Å². The van der Waals surface area contributed by atoms with E-state index in [2.05, 4.69) is 5.32 Å². The first-order chi connectivity index (χ1) is 16.2. The fraction of sp³-hybridized carbons (Fsp3) is 0.208. The highest BCUT2D eigenvalue weighted by molar-refractivity contribution is 7.92. The lowest BCUT2D eigenvalue weighted by Gasteiger charge is -2.30. The summed E-state index contributed by atoms with van der Waals surface area (Å²) in [6.07, 6.45) is -3.09. The van der Waals surface area contributed by atoms with Gasteiger partial charge in [-0.25, -0.2) is 8.42 Å². The van der Waals surface area contributed by atoms with E-state index >= 15 is 0 Å². The molecule has 0 fully saturated rings. The maximum Gasteiger partial charge on any atom is 0.418 e. The molecule has 3 aromatic rings. The lowest BCUT2D eigenvalue weighted by atomic mass is 10.0. The zero-order chi connectivity index (χ0) is 24.3. The molecule has 0 aromatic heterocycles. The number of carbonyl (C=O) groups is 1. The number of carbonyl (C=O) groups excluding carboxylic acids is 1. The van der Waals surface area contributed by atoms with Crippen LogP contribution < -0.4 is 14.4 Å². The number of sulfonamides is 1. The average Bonchev–Trinajstić information content (AvgIpc) is 2.82. The van der Waals surface area contributed by atoms with Crippen LogP contribution in [-0.2, 0) is 27.4 Å². The van der Waals surface area contributed by atoms with Crippen LogP contribution in [0.4, 0.5) is 24.5 Å². The van der Waals surface area contributed by atoms with Crippen molar-refractivity contribution < 1.29 is 31.1 Å². The van der Waals surface area contributed by atoms with Gasteiger partial charge < -0.3 is 10.1 Å². The molecule has 1 heterocycles. The van der Waals surface area contributed by atoms with Gasteiger partial charge in [-0.1, -0.05) is 30.3 Å². The van der Waals surface area contributed by atoms with Crippen molar-refractivity contribution >= 4 is 27.3 Å². The molecule has 0 bridgehead atoms. The van der Waals surface area contributed by atoms with E-state index in [1.54, 1.807) is 12.1 Å². The van der Waals surface area contributed by atoms with Crippen molar-refractivity contribution in [3.05, 3.63) is 83.9 Å². The summed E-state index contributed by atoms with van der Waals surface area (Å²) in [5, 5.41) is 2.19. The van der Waals surface area contributed by atoms with Gasteiger partial charge in [-0.15, -0.1) is 0 Å². The molecular formula is C24H21F3N2O4S. The zero-order valence-corrected chi connectivity index (χ0v) is 18.7. The number of nitrogens with zero attached hydrogens (tertiary/aromatic N) is 1. The maximum absolute atomic E-state index is 13.2. The normalized spacial score (nSPS) is 13.8. The van der Waals surface area contributed by atoms with E-state index in [1.165, 1.54) is 40.7 Å². The lowest BCUT2D eigenvalue weighted by molar-refractivity contribution is -0.137. The molecule has 0 radical (unpaired) electrons. The van der Waals surface area contributed by atoms with Crippen molar-refractivity contribution in [3.8, 4) is 5.75 Å². The number of fused-ring (bicyclic) bond motifs is 1. The molecule has 0 spiro atoms. The van der Waals surface area contributed by atoms with Gasteiger partial charge in [-0.3, -0.25) is 9.10 Å². The lowest BCUT2D eigenvalue weighted by Crippen LogP contribution is -2.35. The summed E-state index contributed by atoms with van der Waals surface area (Å²) < 4.78 is 72.3. The fourth-order valence-corrected chi connectivity index (χ4v) is 5.30. The molecule has 6 nitrogen and oxygen atoms in total. The van der Waals surface area contributed by atoms with E-state index in [9.17, 15) is 26.4 Å². The molecule has 1 N–H and O–H groups in total.